The van der Waals surface area contributed by atoms with E-state index in [0.717, 1.165) is 5.56 Å². The van der Waals surface area contributed by atoms with Crippen molar-refractivity contribution in [1.29, 1.82) is 0 Å². The average Bonchev–Trinajstić information content (AvgIpc) is 2.94. The molecule has 1 aliphatic rings. The molecule has 7 nitrogen and oxygen atoms in total. The summed E-state index contributed by atoms with van der Waals surface area (Å²) in [6.07, 6.45) is 0.460. The van der Waals surface area contributed by atoms with E-state index in [1.807, 2.05) is 25.1 Å². The van der Waals surface area contributed by atoms with E-state index in [1.165, 1.54) is 4.68 Å². The van der Waals surface area contributed by atoms with E-state index in [-0.39, 0.29) is 11.6 Å². The van der Waals surface area contributed by atoms with Gasteiger partial charge >= 0.3 is 5.97 Å². The Bertz CT molecular complexity index is 767. The van der Waals surface area contributed by atoms with Gasteiger partial charge in [0.15, 0.2) is 5.69 Å². The zero-order valence-corrected chi connectivity index (χ0v) is 12.7. The molecule has 0 spiro atoms. The van der Waals surface area contributed by atoms with E-state index in [0.29, 0.717) is 43.1 Å². The molecule has 0 radical (unpaired) electrons. The van der Waals surface area contributed by atoms with Crippen LogP contribution in [0.1, 0.15) is 39.0 Å². The van der Waals surface area contributed by atoms with Crippen molar-refractivity contribution in [3.8, 4) is 5.69 Å². The van der Waals surface area contributed by atoms with Crippen molar-refractivity contribution >= 4 is 11.9 Å². The molecule has 0 saturated carbocycles. The number of carbonyl (C=O) groups excluding carboxylic acids is 1. The number of carboxylic acids is 1. The molecular formula is C16H17N3O4. The van der Waals surface area contributed by atoms with Gasteiger partial charge in [0.05, 0.1) is 12.3 Å². The highest BCUT2D eigenvalue weighted by molar-refractivity contribution is 5.99. The van der Waals surface area contributed by atoms with Gasteiger partial charge in [-0.1, -0.05) is 12.1 Å². The summed E-state index contributed by atoms with van der Waals surface area (Å²) in [5.74, 6) is -1.43. The lowest BCUT2D eigenvalue weighted by Gasteiger charge is -2.15. The molecule has 7 heteroatoms. The lowest BCUT2D eigenvalue weighted by atomic mass is 10.1. The molecule has 0 atom stereocenters. The summed E-state index contributed by atoms with van der Waals surface area (Å²) < 4.78 is 6.79. The third kappa shape index (κ3) is 2.83. The van der Waals surface area contributed by atoms with Gasteiger partial charge < -0.3 is 15.2 Å². The molecule has 1 aromatic heterocycles. The maximum atomic E-state index is 12.2. The summed E-state index contributed by atoms with van der Waals surface area (Å²) in [6, 6.07) is 7.37. The van der Waals surface area contributed by atoms with Gasteiger partial charge in [-0.15, -0.1) is 0 Å². The van der Waals surface area contributed by atoms with Crippen LogP contribution >= 0.6 is 0 Å². The van der Waals surface area contributed by atoms with Gasteiger partial charge in [-0.3, -0.25) is 4.79 Å². The lowest BCUT2D eigenvalue weighted by Crippen LogP contribution is -2.33. The normalized spacial score (nSPS) is 13.5. The Morgan fingerprint density at radius 2 is 2.30 bits per heavy atom. The van der Waals surface area contributed by atoms with Crippen LogP contribution in [-0.2, 0) is 17.8 Å². The van der Waals surface area contributed by atoms with Crippen molar-refractivity contribution in [3.05, 3.63) is 46.8 Å². The molecular weight excluding hydrogens is 298 g/mol. The molecule has 2 aromatic rings. The third-order valence-corrected chi connectivity index (χ3v) is 3.69. The zero-order chi connectivity index (χ0) is 16.4. The second-order valence-corrected chi connectivity index (χ2v) is 5.21. The number of hydrogen-bond acceptors (Lipinski definition) is 4. The summed E-state index contributed by atoms with van der Waals surface area (Å²) >= 11 is 0. The van der Waals surface area contributed by atoms with Gasteiger partial charge in [0.25, 0.3) is 5.91 Å². The Kier molecular flexibility index (Phi) is 4.12. The molecule has 23 heavy (non-hydrogen) atoms. The van der Waals surface area contributed by atoms with Crippen molar-refractivity contribution < 1.29 is 19.4 Å². The van der Waals surface area contributed by atoms with E-state index in [2.05, 4.69) is 10.4 Å². The molecule has 2 N–H and O–H groups in total. The summed E-state index contributed by atoms with van der Waals surface area (Å²) in [5, 5.41) is 16.2. The number of nitrogens with zero attached hydrogens (tertiary/aromatic N) is 2. The largest absolute Gasteiger partial charge is 0.476 e. The molecule has 0 bridgehead atoms. The molecule has 0 fully saturated rings. The minimum absolute atomic E-state index is 0.0648. The number of nitrogens with one attached hydrogen (secondary N) is 1. The molecule has 3 rings (SSSR count). The number of carboxylic acid groups (broad SMARTS) is 1. The number of fused-ring (bicyclic) bond motifs is 1. The summed E-state index contributed by atoms with van der Waals surface area (Å²) in [4.78, 5) is 23.6. The van der Waals surface area contributed by atoms with Crippen LogP contribution in [0.15, 0.2) is 24.3 Å². The number of aromatic carboxylic acids is 1. The minimum Gasteiger partial charge on any atom is -0.476 e. The molecule has 1 aliphatic heterocycles. The van der Waals surface area contributed by atoms with Gasteiger partial charge in [-0.05, 0) is 31.0 Å². The first kappa shape index (κ1) is 15.2. The predicted molar refractivity (Wildman–Crippen MR) is 81.9 cm³/mol. The molecule has 0 saturated heterocycles. The zero-order valence-electron chi connectivity index (χ0n) is 12.7. The fourth-order valence-electron chi connectivity index (χ4n) is 2.66. The average molecular weight is 315 g/mol. The smallest absolute Gasteiger partial charge is 0.356 e. The Labute approximate surface area is 132 Å². The van der Waals surface area contributed by atoms with E-state index >= 15 is 0 Å². The van der Waals surface area contributed by atoms with Crippen LogP contribution in [0.2, 0.25) is 0 Å². The second kappa shape index (κ2) is 6.21. The van der Waals surface area contributed by atoms with Gasteiger partial charge in [0.1, 0.15) is 5.69 Å². The monoisotopic (exact) mass is 315 g/mol. The van der Waals surface area contributed by atoms with Crippen LogP contribution in [0.25, 0.3) is 5.69 Å². The van der Waals surface area contributed by atoms with Crippen molar-refractivity contribution in [3.63, 3.8) is 0 Å². The van der Waals surface area contributed by atoms with Crippen LogP contribution in [0.4, 0.5) is 0 Å². The standard InChI is InChI=1S/C16H17N3O4/c1-2-23-9-10-4-3-5-11(8-10)19-14-12(6-7-17-15(14)20)13(18-19)16(21)22/h3-5,8H,2,6-7,9H2,1H3,(H,17,20)(H,21,22). The summed E-state index contributed by atoms with van der Waals surface area (Å²) in [5.41, 5.74) is 2.29. The predicted octanol–water partition coefficient (Wildman–Crippen LogP) is 1.39. The van der Waals surface area contributed by atoms with Gasteiger partial charge in [-0.2, -0.15) is 5.10 Å². The number of rotatable bonds is 5. The first-order valence-corrected chi connectivity index (χ1v) is 7.42. The Balaban J connectivity index is 2.09. The number of aromatic nitrogens is 2. The van der Waals surface area contributed by atoms with E-state index in [1.54, 1.807) is 6.07 Å². The van der Waals surface area contributed by atoms with Crippen molar-refractivity contribution in [2.24, 2.45) is 0 Å². The topological polar surface area (TPSA) is 93.5 Å². The van der Waals surface area contributed by atoms with Crippen molar-refractivity contribution in [2.75, 3.05) is 13.2 Å². The molecule has 120 valence electrons. The van der Waals surface area contributed by atoms with Crippen LogP contribution in [0, 0.1) is 0 Å². The summed E-state index contributed by atoms with van der Waals surface area (Å²) in [6.45, 7) is 3.39. The second-order valence-electron chi connectivity index (χ2n) is 5.21. The van der Waals surface area contributed by atoms with Crippen LogP contribution in [-0.4, -0.2) is 39.9 Å². The van der Waals surface area contributed by atoms with E-state index in [4.69, 9.17) is 4.74 Å². The first-order chi connectivity index (χ1) is 11.1. The quantitative estimate of drug-likeness (QED) is 0.870. The molecule has 1 aromatic carbocycles. The highest BCUT2D eigenvalue weighted by Crippen LogP contribution is 2.23. The van der Waals surface area contributed by atoms with Gasteiger partial charge in [0.2, 0.25) is 0 Å². The highest BCUT2D eigenvalue weighted by Gasteiger charge is 2.30. The van der Waals surface area contributed by atoms with Crippen LogP contribution in [0.5, 0.6) is 0 Å². The SMILES string of the molecule is CCOCc1cccc(-n2nc(C(=O)O)c3c2C(=O)NCC3)c1. The Morgan fingerprint density at radius 1 is 1.48 bits per heavy atom. The summed E-state index contributed by atoms with van der Waals surface area (Å²) in [7, 11) is 0. The molecule has 0 aliphatic carbocycles. The van der Waals surface area contributed by atoms with Crippen molar-refractivity contribution in [1.82, 2.24) is 15.1 Å². The maximum Gasteiger partial charge on any atom is 0.356 e. The van der Waals surface area contributed by atoms with Crippen LogP contribution in [0.3, 0.4) is 0 Å². The first-order valence-electron chi connectivity index (χ1n) is 7.42. The number of hydrogen-bond donors (Lipinski definition) is 2. The van der Waals surface area contributed by atoms with E-state index in [9.17, 15) is 14.7 Å². The Morgan fingerprint density at radius 3 is 3.04 bits per heavy atom. The maximum absolute atomic E-state index is 12.2. The Hall–Kier alpha value is -2.67. The highest BCUT2D eigenvalue weighted by atomic mass is 16.5. The number of carbonyl (C=O) groups is 2. The molecule has 1 amide bonds. The van der Waals surface area contributed by atoms with Gasteiger partial charge in [0, 0.05) is 18.7 Å². The molecule has 2 heterocycles. The minimum atomic E-state index is -1.12. The van der Waals surface area contributed by atoms with Crippen molar-refractivity contribution in [2.45, 2.75) is 20.0 Å². The molecule has 0 unspecified atom stereocenters. The number of ether oxygens (including phenoxy) is 1. The number of amides is 1. The van der Waals surface area contributed by atoms with E-state index < -0.39 is 5.97 Å². The fourth-order valence-corrected chi connectivity index (χ4v) is 2.66. The van der Waals surface area contributed by atoms with Crippen LogP contribution < -0.4 is 5.32 Å². The third-order valence-electron chi connectivity index (χ3n) is 3.69. The lowest BCUT2D eigenvalue weighted by molar-refractivity contribution is 0.0688. The van der Waals surface area contributed by atoms with Gasteiger partial charge in [-0.25, -0.2) is 9.48 Å². The fraction of sp³-hybridized carbons (Fsp3) is 0.312. The number of benzene rings is 1.